The Balaban J connectivity index is 2.06. The van der Waals surface area contributed by atoms with E-state index in [0.29, 0.717) is 0 Å². The average molecular weight is 219 g/mol. The first-order chi connectivity index (χ1) is 7.79. The van der Waals surface area contributed by atoms with Crippen molar-refractivity contribution in [2.24, 2.45) is 7.05 Å². The molecule has 5 heteroatoms. The van der Waals surface area contributed by atoms with E-state index in [1.807, 2.05) is 36.4 Å². The minimum Gasteiger partial charge on any atom is -0.328 e. The summed E-state index contributed by atoms with van der Waals surface area (Å²) in [6.45, 7) is 4.63. The highest BCUT2D eigenvalue weighted by Crippen LogP contribution is 2.03. The number of hydrogen-bond acceptors (Lipinski definition) is 3. The molecular weight excluding hydrogens is 202 g/mol. The first kappa shape index (κ1) is 10.9. The molecule has 0 unspecified atom stereocenters. The largest absolute Gasteiger partial charge is 0.328 e. The molecule has 5 nitrogen and oxygen atoms in total. The van der Waals surface area contributed by atoms with Crippen molar-refractivity contribution in [3.8, 4) is 0 Å². The average Bonchev–Trinajstić information content (AvgIpc) is 2.86. The summed E-state index contributed by atoms with van der Waals surface area (Å²) in [6.07, 6.45) is 5.77. The fourth-order valence-electron chi connectivity index (χ4n) is 1.61. The van der Waals surface area contributed by atoms with E-state index in [4.69, 9.17) is 0 Å². The van der Waals surface area contributed by atoms with Crippen LogP contribution in [-0.2, 0) is 20.1 Å². The number of nitrogens with zero attached hydrogens (tertiary/aromatic N) is 4. The third kappa shape index (κ3) is 2.49. The summed E-state index contributed by atoms with van der Waals surface area (Å²) in [4.78, 5) is 4.32. The molecule has 2 heterocycles. The third-order valence-corrected chi connectivity index (χ3v) is 2.44. The molecule has 0 bridgehead atoms. The van der Waals surface area contributed by atoms with Gasteiger partial charge in [-0.05, 0) is 12.6 Å². The highest BCUT2D eigenvalue weighted by atomic mass is 15.3. The summed E-state index contributed by atoms with van der Waals surface area (Å²) >= 11 is 0. The Morgan fingerprint density at radius 1 is 1.38 bits per heavy atom. The second-order valence-electron chi connectivity index (χ2n) is 3.73. The zero-order valence-corrected chi connectivity index (χ0v) is 9.72. The molecule has 0 amide bonds. The zero-order valence-electron chi connectivity index (χ0n) is 9.72. The van der Waals surface area contributed by atoms with Crippen LogP contribution in [0.4, 0.5) is 0 Å². The number of rotatable bonds is 5. The predicted octanol–water partition coefficient (Wildman–Crippen LogP) is 0.774. The molecule has 0 fully saturated rings. The standard InChI is InChI=1S/C11H17N5/c1-3-12-8-11-13-5-7-16(11)9-10-4-6-15(2)14-10/h4-7,12H,3,8-9H2,1-2H3. The highest BCUT2D eigenvalue weighted by Gasteiger charge is 2.04. The summed E-state index contributed by atoms with van der Waals surface area (Å²) in [7, 11) is 1.93. The van der Waals surface area contributed by atoms with Gasteiger partial charge in [-0.25, -0.2) is 4.98 Å². The molecule has 2 rings (SSSR count). The third-order valence-electron chi connectivity index (χ3n) is 2.44. The Labute approximate surface area is 95.1 Å². The lowest BCUT2D eigenvalue weighted by Gasteiger charge is -2.06. The molecular formula is C11H17N5. The Kier molecular flexibility index (Phi) is 3.36. The lowest BCUT2D eigenvalue weighted by atomic mass is 10.4. The van der Waals surface area contributed by atoms with E-state index in [9.17, 15) is 0 Å². The summed E-state index contributed by atoms with van der Waals surface area (Å²) in [6, 6.07) is 2.02. The van der Waals surface area contributed by atoms with E-state index >= 15 is 0 Å². The van der Waals surface area contributed by atoms with E-state index in [1.165, 1.54) is 0 Å². The van der Waals surface area contributed by atoms with Crippen LogP contribution in [0.3, 0.4) is 0 Å². The molecule has 2 aromatic heterocycles. The molecule has 0 radical (unpaired) electrons. The van der Waals surface area contributed by atoms with Gasteiger partial charge in [-0.2, -0.15) is 5.10 Å². The maximum atomic E-state index is 4.35. The Morgan fingerprint density at radius 2 is 2.25 bits per heavy atom. The van der Waals surface area contributed by atoms with Gasteiger partial charge in [0.05, 0.1) is 18.8 Å². The van der Waals surface area contributed by atoms with Crippen molar-refractivity contribution in [1.29, 1.82) is 0 Å². The van der Waals surface area contributed by atoms with Crippen molar-refractivity contribution in [3.63, 3.8) is 0 Å². The van der Waals surface area contributed by atoms with Crippen molar-refractivity contribution < 1.29 is 0 Å². The minimum atomic E-state index is 0.779. The molecule has 16 heavy (non-hydrogen) atoms. The molecule has 0 aromatic carbocycles. The van der Waals surface area contributed by atoms with Gasteiger partial charge < -0.3 is 9.88 Å². The lowest BCUT2D eigenvalue weighted by molar-refractivity contribution is 0.627. The van der Waals surface area contributed by atoms with Gasteiger partial charge in [0.1, 0.15) is 5.82 Å². The van der Waals surface area contributed by atoms with Crippen LogP contribution in [0.1, 0.15) is 18.4 Å². The summed E-state index contributed by atoms with van der Waals surface area (Å²) in [5.74, 6) is 1.05. The molecule has 0 atom stereocenters. The topological polar surface area (TPSA) is 47.7 Å². The van der Waals surface area contributed by atoms with E-state index in [1.54, 1.807) is 0 Å². The maximum absolute atomic E-state index is 4.35. The minimum absolute atomic E-state index is 0.779. The molecule has 0 aliphatic rings. The number of hydrogen-bond donors (Lipinski definition) is 1. The van der Waals surface area contributed by atoms with Gasteiger partial charge in [-0.15, -0.1) is 0 Å². The van der Waals surface area contributed by atoms with Gasteiger partial charge in [0, 0.05) is 25.6 Å². The molecule has 0 saturated heterocycles. The van der Waals surface area contributed by atoms with Crippen molar-refractivity contribution in [3.05, 3.63) is 36.2 Å². The van der Waals surface area contributed by atoms with Gasteiger partial charge in [0.2, 0.25) is 0 Å². The van der Waals surface area contributed by atoms with Crippen molar-refractivity contribution in [1.82, 2.24) is 24.6 Å². The smallest absolute Gasteiger partial charge is 0.123 e. The molecule has 0 aliphatic carbocycles. The second-order valence-corrected chi connectivity index (χ2v) is 3.73. The van der Waals surface area contributed by atoms with E-state index in [0.717, 1.165) is 31.2 Å². The molecule has 0 saturated carbocycles. The maximum Gasteiger partial charge on any atom is 0.123 e. The highest BCUT2D eigenvalue weighted by molar-refractivity contribution is 5.03. The van der Waals surface area contributed by atoms with Gasteiger partial charge in [0.25, 0.3) is 0 Å². The fraction of sp³-hybridized carbons (Fsp3) is 0.455. The number of aromatic nitrogens is 4. The van der Waals surface area contributed by atoms with E-state index in [-0.39, 0.29) is 0 Å². The summed E-state index contributed by atoms with van der Waals surface area (Å²) < 4.78 is 3.93. The normalized spacial score (nSPS) is 10.9. The Morgan fingerprint density at radius 3 is 2.94 bits per heavy atom. The van der Waals surface area contributed by atoms with Crippen LogP contribution in [0, 0.1) is 0 Å². The van der Waals surface area contributed by atoms with Crippen LogP contribution in [0.2, 0.25) is 0 Å². The lowest BCUT2D eigenvalue weighted by Crippen LogP contribution is -2.16. The van der Waals surface area contributed by atoms with Crippen LogP contribution < -0.4 is 5.32 Å². The van der Waals surface area contributed by atoms with Crippen molar-refractivity contribution >= 4 is 0 Å². The monoisotopic (exact) mass is 219 g/mol. The summed E-state index contributed by atoms with van der Waals surface area (Å²) in [5, 5.41) is 7.63. The van der Waals surface area contributed by atoms with Crippen LogP contribution in [0.5, 0.6) is 0 Å². The van der Waals surface area contributed by atoms with Gasteiger partial charge >= 0.3 is 0 Å². The molecule has 1 N–H and O–H groups in total. The number of aryl methyl sites for hydroxylation is 1. The molecule has 0 spiro atoms. The van der Waals surface area contributed by atoms with Gasteiger partial charge in [-0.1, -0.05) is 6.92 Å². The first-order valence-corrected chi connectivity index (χ1v) is 5.49. The first-order valence-electron chi connectivity index (χ1n) is 5.49. The second kappa shape index (κ2) is 4.94. The molecule has 86 valence electrons. The van der Waals surface area contributed by atoms with Crippen LogP contribution in [0.15, 0.2) is 24.7 Å². The SMILES string of the molecule is CCNCc1nccn1Cc1ccn(C)n1. The zero-order chi connectivity index (χ0) is 11.4. The Hall–Kier alpha value is -1.62. The van der Waals surface area contributed by atoms with Crippen molar-refractivity contribution in [2.75, 3.05) is 6.54 Å². The van der Waals surface area contributed by atoms with Crippen molar-refractivity contribution in [2.45, 2.75) is 20.0 Å². The predicted molar refractivity (Wildman–Crippen MR) is 61.9 cm³/mol. The molecule has 2 aromatic rings. The van der Waals surface area contributed by atoms with Crippen LogP contribution >= 0.6 is 0 Å². The molecule has 0 aliphatic heterocycles. The summed E-state index contributed by atoms with van der Waals surface area (Å²) in [5.41, 5.74) is 1.05. The fourth-order valence-corrected chi connectivity index (χ4v) is 1.61. The van der Waals surface area contributed by atoms with E-state index in [2.05, 4.69) is 26.9 Å². The Bertz CT molecular complexity index is 443. The van der Waals surface area contributed by atoms with Crippen LogP contribution in [0.25, 0.3) is 0 Å². The number of nitrogens with one attached hydrogen (secondary N) is 1. The number of imidazole rings is 1. The quantitative estimate of drug-likeness (QED) is 0.808. The van der Waals surface area contributed by atoms with Gasteiger partial charge in [0.15, 0.2) is 0 Å². The van der Waals surface area contributed by atoms with E-state index < -0.39 is 0 Å². The van der Waals surface area contributed by atoms with Gasteiger partial charge in [-0.3, -0.25) is 4.68 Å². The van der Waals surface area contributed by atoms with Crippen LogP contribution in [-0.4, -0.2) is 25.9 Å².